The molecule has 0 rings (SSSR count). The zero-order valence-corrected chi connectivity index (χ0v) is 13.9. The monoisotopic (exact) mass is 289 g/mol. The van der Waals surface area contributed by atoms with Gasteiger partial charge < -0.3 is 5.32 Å². The van der Waals surface area contributed by atoms with Gasteiger partial charge in [-0.2, -0.15) is 0 Å². The summed E-state index contributed by atoms with van der Waals surface area (Å²) < 4.78 is 0. The summed E-state index contributed by atoms with van der Waals surface area (Å²) in [6.45, 7) is 4.85. The van der Waals surface area contributed by atoms with E-state index in [-0.39, 0.29) is 5.91 Å². The molecule has 0 aliphatic carbocycles. The van der Waals surface area contributed by atoms with Crippen LogP contribution in [-0.2, 0) is 4.79 Å². The first-order valence-electron chi connectivity index (χ1n) is 8.53. The van der Waals surface area contributed by atoms with Crippen molar-refractivity contribution >= 4 is 5.91 Å². The van der Waals surface area contributed by atoms with Crippen LogP contribution in [0.1, 0.15) is 84.5 Å². The van der Waals surface area contributed by atoms with Crippen molar-refractivity contribution in [3.8, 4) is 23.7 Å². The van der Waals surface area contributed by atoms with Crippen molar-refractivity contribution in [3.05, 3.63) is 0 Å². The van der Waals surface area contributed by atoms with Gasteiger partial charge >= 0.3 is 0 Å². The third-order valence-corrected chi connectivity index (χ3v) is 3.25. The Bertz CT molecular complexity index is 364. The second-order valence-electron chi connectivity index (χ2n) is 5.28. The first-order valence-corrected chi connectivity index (χ1v) is 8.53. The zero-order chi connectivity index (χ0) is 15.6. The second-order valence-corrected chi connectivity index (χ2v) is 5.28. The number of amides is 1. The molecule has 0 atom stereocenters. The molecule has 0 saturated carbocycles. The molecule has 0 fully saturated rings. The molecule has 2 nitrogen and oxygen atoms in total. The first-order chi connectivity index (χ1) is 10.3. The van der Waals surface area contributed by atoms with E-state index in [0.29, 0.717) is 19.4 Å². The van der Waals surface area contributed by atoms with Crippen LogP contribution in [-0.4, -0.2) is 12.5 Å². The molecule has 0 aliphatic rings. The summed E-state index contributed by atoms with van der Waals surface area (Å²) in [4.78, 5) is 11.1. The molecule has 0 saturated heterocycles. The fourth-order valence-corrected chi connectivity index (χ4v) is 2.02. The molecule has 0 unspecified atom stereocenters. The molecule has 0 heterocycles. The number of unbranched alkanes of at least 4 members (excludes halogenated alkanes) is 8. The Hall–Kier alpha value is -1.41. The van der Waals surface area contributed by atoms with Gasteiger partial charge in [0.2, 0.25) is 5.91 Å². The molecular weight excluding hydrogens is 258 g/mol. The third kappa shape index (κ3) is 16.5. The number of hydrogen-bond acceptors (Lipinski definition) is 1. The van der Waals surface area contributed by atoms with Gasteiger partial charge in [-0.3, -0.25) is 4.79 Å². The van der Waals surface area contributed by atoms with Crippen molar-refractivity contribution < 1.29 is 4.79 Å². The largest absolute Gasteiger partial charge is 0.356 e. The molecule has 0 aromatic heterocycles. The molecule has 0 aromatic carbocycles. The topological polar surface area (TPSA) is 29.1 Å². The maximum Gasteiger partial charge on any atom is 0.220 e. The van der Waals surface area contributed by atoms with Crippen molar-refractivity contribution in [3.63, 3.8) is 0 Å². The molecule has 0 aliphatic heterocycles. The average Bonchev–Trinajstić information content (AvgIpc) is 2.48. The van der Waals surface area contributed by atoms with E-state index in [2.05, 4.69) is 35.9 Å². The van der Waals surface area contributed by atoms with Crippen molar-refractivity contribution in [1.29, 1.82) is 0 Å². The highest BCUT2D eigenvalue weighted by Gasteiger charge is 1.94. The molecular formula is C19H31NO. The predicted molar refractivity (Wildman–Crippen MR) is 90.7 cm³/mol. The normalized spacial score (nSPS) is 9.24. The lowest BCUT2D eigenvalue weighted by Gasteiger charge is -1.98. The highest BCUT2D eigenvalue weighted by molar-refractivity contribution is 5.76. The first kappa shape index (κ1) is 19.6. The highest BCUT2D eigenvalue weighted by Crippen LogP contribution is 2.08. The van der Waals surface area contributed by atoms with E-state index >= 15 is 0 Å². The summed E-state index contributed by atoms with van der Waals surface area (Å²) in [7, 11) is 0. The lowest BCUT2D eigenvalue weighted by atomic mass is 10.1. The highest BCUT2D eigenvalue weighted by atomic mass is 16.1. The number of hydrogen-bond donors (Lipinski definition) is 1. The van der Waals surface area contributed by atoms with E-state index in [9.17, 15) is 4.79 Å². The SMILES string of the molecule is CCCCCCCCCCC#CC#CCCC(=O)NCC. The van der Waals surface area contributed by atoms with E-state index in [1.807, 2.05) is 6.92 Å². The maximum atomic E-state index is 11.1. The van der Waals surface area contributed by atoms with Gasteiger partial charge in [0.05, 0.1) is 0 Å². The number of carbonyl (C=O) groups excluding carboxylic acids is 1. The van der Waals surface area contributed by atoms with E-state index in [0.717, 1.165) is 6.42 Å². The Morgan fingerprint density at radius 3 is 2.00 bits per heavy atom. The number of carbonyl (C=O) groups is 1. The van der Waals surface area contributed by atoms with Gasteiger partial charge in [0.25, 0.3) is 0 Å². The van der Waals surface area contributed by atoms with Crippen LogP contribution in [0.5, 0.6) is 0 Å². The van der Waals surface area contributed by atoms with Crippen molar-refractivity contribution in [1.82, 2.24) is 5.32 Å². The molecule has 0 radical (unpaired) electrons. The van der Waals surface area contributed by atoms with Crippen LogP contribution in [0.25, 0.3) is 0 Å². The van der Waals surface area contributed by atoms with Gasteiger partial charge in [-0.25, -0.2) is 0 Å². The van der Waals surface area contributed by atoms with Gasteiger partial charge in [-0.15, -0.1) is 0 Å². The summed E-state index contributed by atoms with van der Waals surface area (Å²) in [6, 6.07) is 0. The van der Waals surface area contributed by atoms with Crippen molar-refractivity contribution in [2.75, 3.05) is 6.54 Å². The van der Waals surface area contributed by atoms with Gasteiger partial charge in [-0.05, 0) is 25.2 Å². The fourth-order valence-electron chi connectivity index (χ4n) is 2.02. The van der Waals surface area contributed by atoms with Crippen LogP contribution in [0.2, 0.25) is 0 Å². The van der Waals surface area contributed by atoms with Gasteiger partial charge in [0.1, 0.15) is 0 Å². The Labute approximate surface area is 131 Å². The average molecular weight is 289 g/mol. The quantitative estimate of drug-likeness (QED) is 0.442. The molecule has 118 valence electrons. The lowest BCUT2D eigenvalue weighted by Crippen LogP contribution is -2.21. The standard InChI is InChI=1S/C19H31NO/c1-3-5-6-7-8-9-10-11-12-13-14-15-16-17-18-19(21)20-4-2/h3-12,17-18H2,1-2H3,(H,20,21). The summed E-state index contributed by atoms with van der Waals surface area (Å²) in [5.41, 5.74) is 0. The van der Waals surface area contributed by atoms with Crippen LogP contribution in [0.3, 0.4) is 0 Å². The minimum atomic E-state index is 0.0682. The number of nitrogens with one attached hydrogen (secondary N) is 1. The lowest BCUT2D eigenvalue weighted by molar-refractivity contribution is -0.120. The second kappa shape index (κ2) is 16.6. The van der Waals surface area contributed by atoms with Crippen molar-refractivity contribution in [2.45, 2.75) is 84.5 Å². The smallest absolute Gasteiger partial charge is 0.220 e. The summed E-state index contributed by atoms with van der Waals surface area (Å²) in [6.07, 6.45) is 12.7. The van der Waals surface area contributed by atoms with Crippen LogP contribution in [0.15, 0.2) is 0 Å². The molecule has 1 amide bonds. The van der Waals surface area contributed by atoms with E-state index in [1.54, 1.807) is 0 Å². The third-order valence-electron chi connectivity index (χ3n) is 3.25. The zero-order valence-electron chi connectivity index (χ0n) is 13.9. The van der Waals surface area contributed by atoms with Crippen molar-refractivity contribution in [2.24, 2.45) is 0 Å². The minimum Gasteiger partial charge on any atom is -0.356 e. The minimum absolute atomic E-state index is 0.0682. The molecule has 0 aromatic rings. The summed E-state index contributed by atoms with van der Waals surface area (Å²) in [5.74, 6) is 11.8. The van der Waals surface area contributed by atoms with Crippen LogP contribution in [0.4, 0.5) is 0 Å². The maximum absolute atomic E-state index is 11.1. The van der Waals surface area contributed by atoms with Crippen LogP contribution in [0, 0.1) is 23.7 Å². The van der Waals surface area contributed by atoms with Gasteiger partial charge in [0.15, 0.2) is 0 Å². The van der Waals surface area contributed by atoms with E-state index in [1.165, 1.54) is 51.4 Å². The number of rotatable bonds is 11. The van der Waals surface area contributed by atoms with E-state index in [4.69, 9.17) is 0 Å². The summed E-state index contributed by atoms with van der Waals surface area (Å²) in [5, 5.41) is 2.75. The van der Waals surface area contributed by atoms with Crippen LogP contribution >= 0.6 is 0 Å². The fraction of sp³-hybridized carbons (Fsp3) is 0.737. The molecule has 0 spiro atoms. The molecule has 21 heavy (non-hydrogen) atoms. The Morgan fingerprint density at radius 2 is 1.38 bits per heavy atom. The van der Waals surface area contributed by atoms with Gasteiger partial charge in [0, 0.05) is 25.8 Å². The Kier molecular flexibility index (Phi) is 15.5. The Balaban J connectivity index is 3.36. The Morgan fingerprint density at radius 1 is 0.810 bits per heavy atom. The summed E-state index contributed by atoms with van der Waals surface area (Å²) >= 11 is 0. The predicted octanol–water partition coefficient (Wildman–Crippen LogP) is 4.44. The molecule has 2 heteroatoms. The van der Waals surface area contributed by atoms with Crippen LogP contribution < -0.4 is 5.32 Å². The molecule has 0 bridgehead atoms. The van der Waals surface area contributed by atoms with Gasteiger partial charge in [-0.1, -0.05) is 63.7 Å². The van der Waals surface area contributed by atoms with E-state index < -0.39 is 0 Å². The molecule has 1 N–H and O–H groups in total.